The molecule has 2 nitrogen and oxygen atoms in total. The molecule has 0 aliphatic rings. The highest BCUT2D eigenvalue weighted by Crippen LogP contribution is 2.29. The van der Waals surface area contributed by atoms with Crippen molar-refractivity contribution in [2.75, 3.05) is 7.05 Å². The standard InChI is InChI=1S/C14H15Cl2NO/c1-9-6-7-14(18-9)13(17-2)8-10-11(15)4-3-5-12(10)16/h3-7,13,17H,8H2,1-2H3. The van der Waals surface area contributed by atoms with E-state index in [1.807, 2.05) is 44.3 Å². The first kappa shape index (κ1) is 13.5. The molecule has 18 heavy (non-hydrogen) atoms. The summed E-state index contributed by atoms with van der Waals surface area (Å²) in [7, 11) is 1.90. The quantitative estimate of drug-likeness (QED) is 0.900. The molecule has 0 aliphatic heterocycles. The molecule has 0 saturated heterocycles. The van der Waals surface area contributed by atoms with Gasteiger partial charge in [0.15, 0.2) is 0 Å². The van der Waals surface area contributed by atoms with Gasteiger partial charge in [0.1, 0.15) is 11.5 Å². The summed E-state index contributed by atoms with van der Waals surface area (Å²) in [5, 5.41) is 4.60. The van der Waals surface area contributed by atoms with Gasteiger partial charge in [0.05, 0.1) is 6.04 Å². The fourth-order valence-corrected chi connectivity index (χ4v) is 2.47. The van der Waals surface area contributed by atoms with Crippen molar-refractivity contribution in [2.45, 2.75) is 19.4 Å². The minimum Gasteiger partial charge on any atom is -0.465 e. The van der Waals surface area contributed by atoms with Crippen LogP contribution in [0.5, 0.6) is 0 Å². The van der Waals surface area contributed by atoms with Gasteiger partial charge in [-0.1, -0.05) is 29.3 Å². The maximum Gasteiger partial charge on any atom is 0.121 e. The third-order valence-electron chi connectivity index (χ3n) is 2.92. The lowest BCUT2D eigenvalue weighted by molar-refractivity contribution is 0.415. The largest absolute Gasteiger partial charge is 0.465 e. The summed E-state index contributed by atoms with van der Waals surface area (Å²) in [6, 6.07) is 9.54. The number of likely N-dealkylation sites (N-methyl/N-ethyl adjacent to an activating group) is 1. The number of nitrogens with one attached hydrogen (secondary N) is 1. The van der Waals surface area contributed by atoms with Crippen LogP contribution in [-0.4, -0.2) is 7.05 Å². The van der Waals surface area contributed by atoms with E-state index in [0.29, 0.717) is 16.5 Å². The minimum atomic E-state index is 0.0658. The zero-order chi connectivity index (χ0) is 13.1. The summed E-state index contributed by atoms with van der Waals surface area (Å²) in [4.78, 5) is 0. The van der Waals surface area contributed by atoms with Crippen LogP contribution in [0.1, 0.15) is 23.1 Å². The fraction of sp³-hybridized carbons (Fsp3) is 0.286. The van der Waals surface area contributed by atoms with Crippen molar-refractivity contribution in [3.63, 3.8) is 0 Å². The van der Waals surface area contributed by atoms with E-state index in [4.69, 9.17) is 27.6 Å². The average Bonchev–Trinajstić information content (AvgIpc) is 2.76. The van der Waals surface area contributed by atoms with Gasteiger partial charge < -0.3 is 9.73 Å². The smallest absolute Gasteiger partial charge is 0.121 e. The molecule has 0 radical (unpaired) electrons. The van der Waals surface area contributed by atoms with E-state index in [1.54, 1.807) is 0 Å². The van der Waals surface area contributed by atoms with Crippen LogP contribution < -0.4 is 5.32 Å². The molecule has 4 heteroatoms. The molecule has 0 amide bonds. The van der Waals surface area contributed by atoms with Crippen molar-refractivity contribution >= 4 is 23.2 Å². The molecule has 1 aromatic carbocycles. The Morgan fingerprint density at radius 3 is 2.33 bits per heavy atom. The molecule has 1 unspecified atom stereocenters. The van der Waals surface area contributed by atoms with Gasteiger partial charge in [0, 0.05) is 10.0 Å². The summed E-state index contributed by atoms with van der Waals surface area (Å²) in [6.07, 6.45) is 0.696. The fourth-order valence-electron chi connectivity index (χ4n) is 1.92. The second kappa shape index (κ2) is 5.79. The Hall–Kier alpha value is -0.960. The molecule has 2 aromatic rings. The Morgan fingerprint density at radius 1 is 1.17 bits per heavy atom. The lowest BCUT2D eigenvalue weighted by Gasteiger charge is -2.15. The zero-order valence-electron chi connectivity index (χ0n) is 10.3. The van der Waals surface area contributed by atoms with Gasteiger partial charge >= 0.3 is 0 Å². The molecule has 1 atom stereocenters. The lowest BCUT2D eigenvalue weighted by atomic mass is 10.0. The average molecular weight is 284 g/mol. The number of benzene rings is 1. The zero-order valence-corrected chi connectivity index (χ0v) is 11.8. The molecule has 0 saturated carbocycles. The second-order valence-electron chi connectivity index (χ2n) is 4.19. The van der Waals surface area contributed by atoms with Crippen molar-refractivity contribution in [3.05, 3.63) is 57.5 Å². The topological polar surface area (TPSA) is 25.2 Å². The summed E-state index contributed by atoms with van der Waals surface area (Å²) in [5.41, 5.74) is 0.939. The molecule has 0 fully saturated rings. The highest BCUT2D eigenvalue weighted by molar-refractivity contribution is 6.36. The summed E-state index contributed by atoms with van der Waals surface area (Å²) in [6.45, 7) is 1.93. The van der Waals surface area contributed by atoms with Crippen LogP contribution in [0.2, 0.25) is 10.0 Å². The summed E-state index contributed by atoms with van der Waals surface area (Å²) in [5.74, 6) is 1.79. The molecule has 1 N–H and O–H groups in total. The molecular weight excluding hydrogens is 269 g/mol. The molecule has 0 bridgehead atoms. The Labute approximate surface area is 117 Å². The maximum atomic E-state index is 6.18. The predicted octanol–water partition coefficient (Wildman–Crippen LogP) is 4.40. The van der Waals surface area contributed by atoms with Crippen LogP contribution in [0.15, 0.2) is 34.7 Å². The van der Waals surface area contributed by atoms with Crippen LogP contribution in [0.3, 0.4) is 0 Å². The molecule has 1 heterocycles. The van der Waals surface area contributed by atoms with E-state index in [0.717, 1.165) is 17.1 Å². The first-order valence-electron chi connectivity index (χ1n) is 5.78. The number of rotatable bonds is 4. The monoisotopic (exact) mass is 283 g/mol. The molecular formula is C14H15Cl2NO. The van der Waals surface area contributed by atoms with Crippen molar-refractivity contribution in [2.24, 2.45) is 0 Å². The highest BCUT2D eigenvalue weighted by atomic mass is 35.5. The first-order valence-corrected chi connectivity index (χ1v) is 6.54. The van der Waals surface area contributed by atoms with Crippen LogP contribution in [0.25, 0.3) is 0 Å². The number of halogens is 2. The van der Waals surface area contributed by atoms with E-state index in [2.05, 4.69) is 5.32 Å². The number of hydrogen-bond donors (Lipinski definition) is 1. The Kier molecular flexibility index (Phi) is 4.33. The van der Waals surface area contributed by atoms with Gasteiger partial charge in [-0.2, -0.15) is 0 Å². The van der Waals surface area contributed by atoms with E-state index in [-0.39, 0.29) is 6.04 Å². The van der Waals surface area contributed by atoms with Crippen molar-refractivity contribution in [1.82, 2.24) is 5.32 Å². The van der Waals surface area contributed by atoms with Crippen LogP contribution in [-0.2, 0) is 6.42 Å². The SMILES string of the molecule is CNC(Cc1c(Cl)cccc1Cl)c1ccc(C)o1. The molecule has 96 valence electrons. The van der Waals surface area contributed by atoms with Crippen molar-refractivity contribution < 1.29 is 4.42 Å². The van der Waals surface area contributed by atoms with Crippen LogP contribution in [0.4, 0.5) is 0 Å². The third-order valence-corrected chi connectivity index (χ3v) is 3.63. The van der Waals surface area contributed by atoms with Gasteiger partial charge in [0.25, 0.3) is 0 Å². The lowest BCUT2D eigenvalue weighted by Crippen LogP contribution is -2.18. The molecule has 1 aromatic heterocycles. The predicted molar refractivity (Wildman–Crippen MR) is 75.4 cm³/mol. The van der Waals surface area contributed by atoms with Gasteiger partial charge in [-0.05, 0) is 50.2 Å². The van der Waals surface area contributed by atoms with Crippen LogP contribution in [0, 0.1) is 6.92 Å². The van der Waals surface area contributed by atoms with Gasteiger partial charge in [-0.25, -0.2) is 0 Å². The highest BCUT2D eigenvalue weighted by Gasteiger charge is 2.17. The van der Waals surface area contributed by atoms with Gasteiger partial charge in [-0.15, -0.1) is 0 Å². The second-order valence-corrected chi connectivity index (χ2v) is 5.01. The van der Waals surface area contributed by atoms with Crippen molar-refractivity contribution in [3.8, 4) is 0 Å². The first-order chi connectivity index (χ1) is 8.61. The molecule has 0 spiro atoms. The molecule has 2 rings (SSSR count). The Bertz CT molecular complexity index is 516. The number of aryl methyl sites for hydroxylation is 1. The minimum absolute atomic E-state index is 0.0658. The van der Waals surface area contributed by atoms with Crippen LogP contribution >= 0.6 is 23.2 Å². The number of furan rings is 1. The normalized spacial score (nSPS) is 12.7. The summed E-state index contributed by atoms with van der Waals surface area (Å²) < 4.78 is 5.64. The Morgan fingerprint density at radius 2 is 1.83 bits per heavy atom. The summed E-state index contributed by atoms with van der Waals surface area (Å²) >= 11 is 12.4. The van der Waals surface area contributed by atoms with E-state index < -0.39 is 0 Å². The Balaban J connectivity index is 2.26. The maximum absolute atomic E-state index is 6.18. The molecule has 0 aliphatic carbocycles. The van der Waals surface area contributed by atoms with E-state index >= 15 is 0 Å². The van der Waals surface area contributed by atoms with Crippen molar-refractivity contribution in [1.29, 1.82) is 0 Å². The third kappa shape index (κ3) is 2.89. The number of hydrogen-bond acceptors (Lipinski definition) is 2. The van der Waals surface area contributed by atoms with Gasteiger partial charge in [0.2, 0.25) is 0 Å². The van der Waals surface area contributed by atoms with E-state index in [1.165, 1.54) is 0 Å². The van der Waals surface area contributed by atoms with E-state index in [9.17, 15) is 0 Å². The van der Waals surface area contributed by atoms with Gasteiger partial charge in [-0.3, -0.25) is 0 Å².